The molecule has 120 valence electrons. The van der Waals surface area contributed by atoms with E-state index in [0.29, 0.717) is 6.04 Å². The topological polar surface area (TPSA) is 58.1 Å². The van der Waals surface area contributed by atoms with Crippen LogP contribution in [0.2, 0.25) is 0 Å². The lowest BCUT2D eigenvalue weighted by atomic mass is 9.86. The highest BCUT2D eigenvalue weighted by atomic mass is 16.1. The van der Waals surface area contributed by atoms with E-state index < -0.39 is 0 Å². The van der Waals surface area contributed by atoms with Crippen LogP contribution in [0.5, 0.6) is 0 Å². The van der Waals surface area contributed by atoms with Gasteiger partial charge in [-0.1, -0.05) is 19.8 Å². The summed E-state index contributed by atoms with van der Waals surface area (Å²) < 4.78 is 0. The standard InChI is InChI=1S/C17H26N4O/c1-13-3-2-4-15(11-13)20-17(22)14-5-9-21(10-6-14)16-12-18-7-8-19-16/h7-8,12-15H,2-6,9-11H2,1H3,(H,20,22). The summed E-state index contributed by atoms with van der Waals surface area (Å²) in [6, 6.07) is 0.397. The van der Waals surface area contributed by atoms with Crippen molar-refractivity contribution < 1.29 is 4.79 Å². The second-order valence-corrected chi connectivity index (χ2v) is 6.80. The largest absolute Gasteiger partial charge is 0.355 e. The van der Waals surface area contributed by atoms with Gasteiger partial charge in [0.05, 0.1) is 6.20 Å². The van der Waals surface area contributed by atoms with Crippen molar-refractivity contribution in [3.8, 4) is 0 Å². The number of aromatic nitrogens is 2. The maximum atomic E-state index is 12.5. The van der Waals surface area contributed by atoms with Crippen molar-refractivity contribution in [1.82, 2.24) is 15.3 Å². The van der Waals surface area contributed by atoms with Gasteiger partial charge in [0, 0.05) is 37.4 Å². The Morgan fingerprint density at radius 2 is 2.05 bits per heavy atom. The average molecular weight is 302 g/mol. The van der Waals surface area contributed by atoms with Gasteiger partial charge in [-0.25, -0.2) is 4.98 Å². The fraction of sp³-hybridized carbons (Fsp3) is 0.706. The Bertz CT molecular complexity index is 485. The first-order chi connectivity index (χ1) is 10.7. The molecule has 1 N–H and O–H groups in total. The van der Waals surface area contributed by atoms with E-state index in [1.165, 1.54) is 12.8 Å². The van der Waals surface area contributed by atoms with E-state index >= 15 is 0 Å². The fourth-order valence-electron chi connectivity index (χ4n) is 3.71. The van der Waals surface area contributed by atoms with E-state index in [9.17, 15) is 4.79 Å². The molecule has 0 spiro atoms. The summed E-state index contributed by atoms with van der Waals surface area (Å²) in [7, 11) is 0. The molecule has 1 saturated heterocycles. The number of carbonyl (C=O) groups is 1. The summed E-state index contributed by atoms with van der Waals surface area (Å²) >= 11 is 0. The van der Waals surface area contributed by atoms with Gasteiger partial charge in [0.2, 0.25) is 5.91 Å². The first-order valence-electron chi connectivity index (χ1n) is 8.53. The van der Waals surface area contributed by atoms with Gasteiger partial charge in [0.15, 0.2) is 0 Å². The molecule has 1 aliphatic carbocycles. The molecule has 0 aromatic carbocycles. The van der Waals surface area contributed by atoms with Gasteiger partial charge in [-0.2, -0.15) is 0 Å². The molecule has 1 amide bonds. The zero-order chi connectivity index (χ0) is 15.4. The molecule has 2 aliphatic rings. The van der Waals surface area contributed by atoms with Crippen LogP contribution in [0.1, 0.15) is 45.4 Å². The van der Waals surface area contributed by atoms with Gasteiger partial charge >= 0.3 is 0 Å². The molecule has 1 saturated carbocycles. The van der Waals surface area contributed by atoms with Gasteiger partial charge in [-0.05, 0) is 31.6 Å². The molecular weight excluding hydrogens is 276 g/mol. The third-order valence-corrected chi connectivity index (χ3v) is 5.02. The fourth-order valence-corrected chi connectivity index (χ4v) is 3.71. The van der Waals surface area contributed by atoms with E-state index in [4.69, 9.17) is 0 Å². The van der Waals surface area contributed by atoms with Crippen LogP contribution in [-0.4, -0.2) is 35.0 Å². The van der Waals surface area contributed by atoms with E-state index in [2.05, 4.69) is 27.1 Å². The van der Waals surface area contributed by atoms with Crippen LogP contribution in [0.15, 0.2) is 18.6 Å². The van der Waals surface area contributed by atoms with Crippen LogP contribution in [0.3, 0.4) is 0 Å². The van der Waals surface area contributed by atoms with Gasteiger partial charge in [-0.15, -0.1) is 0 Å². The Morgan fingerprint density at radius 3 is 2.73 bits per heavy atom. The van der Waals surface area contributed by atoms with Crippen LogP contribution in [-0.2, 0) is 4.79 Å². The molecule has 2 heterocycles. The smallest absolute Gasteiger partial charge is 0.223 e. The minimum atomic E-state index is 0.158. The van der Waals surface area contributed by atoms with Crippen LogP contribution in [0.4, 0.5) is 5.82 Å². The Morgan fingerprint density at radius 1 is 1.23 bits per heavy atom. The molecule has 22 heavy (non-hydrogen) atoms. The van der Waals surface area contributed by atoms with Crippen LogP contribution in [0.25, 0.3) is 0 Å². The number of rotatable bonds is 3. The van der Waals surface area contributed by atoms with Gasteiger partial charge in [0.1, 0.15) is 5.82 Å². The minimum absolute atomic E-state index is 0.158. The molecule has 5 heteroatoms. The van der Waals surface area contributed by atoms with E-state index in [1.54, 1.807) is 18.6 Å². The van der Waals surface area contributed by atoms with E-state index in [-0.39, 0.29) is 11.8 Å². The van der Waals surface area contributed by atoms with Crippen molar-refractivity contribution in [3.63, 3.8) is 0 Å². The SMILES string of the molecule is CC1CCCC(NC(=O)C2CCN(c3cnccn3)CC2)C1. The van der Waals surface area contributed by atoms with Crippen molar-refractivity contribution in [2.75, 3.05) is 18.0 Å². The van der Waals surface area contributed by atoms with Gasteiger partial charge in [0.25, 0.3) is 0 Å². The number of nitrogens with one attached hydrogen (secondary N) is 1. The first-order valence-corrected chi connectivity index (χ1v) is 8.53. The lowest BCUT2D eigenvalue weighted by Gasteiger charge is -2.34. The number of amides is 1. The van der Waals surface area contributed by atoms with Crippen molar-refractivity contribution in [3.05, 3.63) is 18.6 Å². The summed E-state index contributed by atoms with van der Waals surface area (Å²) in [5.74, 6) is 2.09. The van der Waals surface area contributed by atoms with Crippen LogP contribution < -0.4 is 10.2 Å². The Labute approximate surface area is 132 Å². The summed E-state index contributed by atoms with van der Waals surface area (Å²) in [6.07, 6.45) is 11.9. The lowest BCUT2D eigenvalue weighted by Crippen LogP contribution is -2.45. The number of hydrogen-bond acceptors (Lipinski definition) is 4. The molecule has 1 aliphatic heterocycles. The highest BCUT2D eigenvalue weighted by Crippen LogP contribution is 2.25. The van der Waals surface area contributed by atoms with Crippen molar-refractivity contribution in [2.24, 2.45) is 11.8 Å². The number of hydrogen-bond donors (Lipinski definition) is 1. The summed E-state index contributed by atoms with van der Waals surface area (Å²) in [5, 5.41) is 3.29. The summed E-state index contributed by atoms with van der Waals surface area (Å²) in [6.45, 7) is 4.06. The van der Waals surface area contributed by atoms with Gasteiger partial charge < -0.3 is 10.2 Å². The quantitative estimate of drug-likeness (QED) is 0.931. The molecule has 2 fully saturated rings. The van der Waals surface area contributed by atoms with Crippen LogP contribution >= 0.6 is 0 Å². The van der Waals surface area contributed by atoms with Crippen molar-refractivity contribution >= 4 is 11.7 Å². The lowest BCUT2D eigenvalue weighted by molar-refractivity contribution is -0.126. The van der Waals surface area contributed by atoms with E-state index in [0.717, 1.165) is 50.5 Å². The Kier molecular flexibility index (Phi) is 4.90. The number of piperidine rings is 1. The average Bonchev–Trinajstić information content (AvgIpc) is 2.56. The third kappa shape index (κ3) is 3.76. The van der Waals surface area contributed by atoms with E-state index in [1.807, 2.05) is 0 Å². The molecule has 0 bridgehead atoms. The first kappa shape index (κ1) is 15.3. The maximum absolute atomic E-state index is 12.5. The maximum Gasteiger partial charge on any atom is 0.223 e. The van der Waals surface area contributed by atoms with Crippen molar-refractivity contribution in [2.45, 2.75) is 51.5 Å². The molecule has 1 aromatic heterocycles. The van der Waals surface area contributed by atoms with Gasteiger partial charge in [-0.3, -0.25) is 9.78 Å². The number of anilines is 1. The molecule has 1 aromatic rings. The molecule has 2 atom stereocenters. The second-order valence-electron chi connectivity index (χ2n) is 6.80. The Hall–Kier alpha value is -1.65. The minimum Gasteiger partial charge on any atom is -0.355 e. The monoisotopic (exact) mass is 302 g/mol. The summed E-state index contributed by atoms with van der Waals surface area (Å²) in [4.78, 5) is 23.1. The highest BCUT2D eigenvalue weighted by Gasteiger charge is 2.28. The predicted octanol–water partition coefficient (Wildman–Crippen LogP) is 2.39. The number of nitrogens with zero attached hydrogens (tertiary/aromatic N) is 3. The number of carbonyl (C=O) groups excluding carboxylic acids is 1. The van der Waals surface area contributed by atoms with Crippen molar-refractivity contribution in [1.29, 1.82) is 0 Å². The highest BCUT2D eigenvalue weighted by molar-refractivity contribution is 5.79. The molecule has 5 nitrogen and oxygen atoms in total. The third-order valence-electron chi connectivity index (χ3n) is 5.02. The normalized spacial score (nSPS) is 26.7. The zero-order valence-corrected chi connectivity index (χ0v) is 13.4. The predicted molar refractivity (Wildman–Crippen MR) is 86.5 cm³/mol. The van der Waals surface area contributed by atoms with Crippen LogP contribution in [0, 0.1) is 11.8 Å². The Balaban J connectivity index is 1.47. The molecule has 0 radical (unpaired) electrons. The zero-order valence-electron chi connectivity index (χ0n) is 13.4. The molecular formula is C17H26N4O. The molecule has 3 rings (SSSR count). The summed E-state index contributed by atoms with van der Waals surface area (Å²) in [5.41, 5.74) is 0. The molecule has 2 unspecified atom stereocenters. The second kappa shape index (κ2) is 7.07.